The number of aromatic nitrogens is 2. The highest BCUT2D eigenvalue weighted by molar-refractivity contribution is 7.99. The number of benzene rings is 2. The maximum absolute atomic E-state index is 12.2. The first-order valence-corrected chi connectivity index (χ1v) is 9.18. The highest BCUT2D eigenvalue weighted by Gasteiger charge is 2.31. The fourth-order valence-electron chi connectivity index (χ4n) is 2.48. The van der Waals surface area contributed by atoms with Crippen LogP contribution < -0.4 is 9.47 Å². The average Bonchev–Trinajstić information content (AvgIpc) is 3.14. The van der Waals surface area contributed by atoms with Gasteiger partial charge < -0.3 is 14.6 Å². The second kappa shape index (κ2) is 8.57. The lowest BCUT2D eigenvalue weighted by atomic mass is 10.1. The van der Waals surface area contributed by atoms with Crippen LogP contribution in [0.25, 0.3) is 5.69 Å². The standard InChI is InChI=1S/C19H17F3N2O3S/c1-26-15-8-4-14(5-9-15)24-11-10-23-18(24)28-12-17(25)13-2-6-16(7-3-13)27-19(20,21)22/h2-11,17,25H,12H2,1H3. The molecule has 3 rings (SSSR count). The number of aliphatic hydroxyl groups excluding tert-OH is 1. The summed E-state index contributed by atoms with van der Waals surface area (Å²) in [7, 11) is 1.59. The summed E-state index contributed by atoms with van der Waals surface area (Å²) in [6.07, 6.45) is -2.15. The molecule has 0 aliphatic carbocycles. The molecular weight excluding hydrogens is 393 g/mol. The summed E-state index contributed by atoms with van der Waals surface area (Å²) in [5.74, 6) is 0.699. The van der Waals surface area contributed by atoms with Gasteiger partial charge in [-0.25, -0.2) is 4.98 Å². The minimum atomic E-state index is -4.74. The van der Waals surface area contributed by atoms with E-state index in [2.05, 4.69) is 9.72 Å². The van der Waals surface area contributed by atoms with Crippen LogP contribution in [0, 0.1) is 0 Å². The van der Waals surface area contributed by atoms with Crippen molar-refractivity contribution in [2.24, 2.45) is 0 Å². The minimum absolute atomic E-state index is 0.284. The van der Waals surface area contributed by atoms with Gasteiger partial charge in [-0.15, -0.1) is 13.2 Å². The van der Waals surface area contributed by atoms with Gasteiger partial charge in [-0.1, -0.05) is 23.9 Å². The number of ether oxygens (including phenoxy) is 2. The molecule has 3 aromatic rings. The van der Waals surface area contributed by atoms with Crippen molar-refractivity contribution in [2.45, 2.75) is 17.6 Å². The van der Waals surface area contributed by atoms with Crippen molar-refractivity contribution in [3.8, 4) is 17.2 Å². The lowest BCUT2D eigenvalue weighted by Gasteiger charge is -2.13. The van der Waals surface area contributed by atoms with E-state index in [-0.39, 0.29) is 11.5 Å². The molecule has 1 atom stereocenters. The molecule has 1 aromatic heterocycles. The molecule has 148 valence electrons. The van der Waals surface area contributed by atoms with E-state index in [1.807, 2.05) is 28.8 Å². The summed E-state index contributed by atoms with van der Waals surface area (Å²) in [5.41, 5.74) is 1.38. The number of rotatable bonds is 7. The Balaban J connectivity index is 1.63. The Bertz CT molecular complexity index is 896. The van der Waals surface area contributed by atoms with Crippen LogP contribution in [0.15, 0.2) is 66.1 Å². The van der Waals surface area contributed by atoms with Crippen LogP contribution in [-0.2, 0) is 0 Å². The molecule has 0 spiro atoms. The van der Waals surface area contributed by atoms with Crippen molar-refractivity contribution >= 4 is 11.8 Å². The number of methoxy groups -OCH3 is 1. The van der Waals surface area contributed by atoms with Gasteiger partial charge in [-0.3, -0.25) is 4.57 Å². The molecule has 1 N–H and O–H groups in total. The van der Waals surface area contributed by atoms with E-state index in [0.29, 0.717) is 10.7 Å². The monoisotopic (exact) mass is 410 g/mol. The zero-order valence-electron chi connectivity index (χ0n) is 14.8. The van der Waals surface area contributed by atoms with Gasteiger partial charge in [0.1, 0.15) is 11.5 Å². The van der Waals surface area contributed by atoms with Crippen molar-refractivity contribution in [1.82, 2.24) is 9.55 Å². The maximum atomic E-state index is 12.2. The molecule has 0 aliphatic rings. The van der Waals surface area contributed by atoms with Crippen molar-refractivity contribution in [3.05, 3.63) is 66.5 Å². The zero-order valence-corrected chi connectivity index (χ0v) is 15.6. The first-order chi connectivity index (χ1) is 13.4. The highest BCUT2D eigenvalue weighted by atomic mass is 32.2. The van der Waals surface area contributed by atoms with Crippen molar-refractivity contribution in [2.75, 3.05) is 12.9 Å². The Morgan fingerprint density at radius 2 is 1.71 bits per heavy atom. The minimum Gasteiger partial charge on any atom is -0.497 e. The van der Waals surface area contributed by atoms with E-state index in [4.69, 9.17) is 4.74 Å². The van der Waals surface area contributed by atoms with Crippen LogP contribution in [0.2, 0.25) is 0 Å². The number of nitrogens with zero attached hydrogens (tertiary/aromatic N) is 2. The third-order valence-corrected chi connectivity index (χ3v) is 4.87. The van der Waals surface area contributed by atoms with Crippen LogP contribution >= 0.6 is 11.8 Å². The van der Waals surface area contributed by atoms with Gasteiger partial charge in [0.2, 0.25) is 0 Å². The van der Waals surface area contributed by atoms with Crippen LogP contribution in [0.3, 0.4) is 0 Å². The quantitative estimate of drug-likeness (QED) is 0.577. The maximum Gasteiger partial charge on any atom is 0.573 e. The average molecular weight is 410 g/mol. The van der Waals surface area contributed by atoms with Crippen molar-refractivity contribution < 1.29 is 27.8 Å². The fourth-order valence-corrected chi connectivity index (χ4v) is 3.42. The Kier molecular flexibility index (Phi) is 6.15. The normalized spacial score (nSPS) is 12.6. The molecule has 0 radical (unpaired) electrons. The first kappa shape index (κ1) is 20.1. The molecule has 1 unspecified atom stereocenters. The first-order valence-electron chi connectivity index (χ1n) is 8.20. The van der Waals surface area contributed by atoms with Gasteiger partial charge in [0.25, 0.3) is 0 Å². The van der Waals surface area contributed by atoms with Gasteiger partial charge >= 0.3 is 6.36 Å². The summed E-state index contributed by atoms with van der Waals surface area (Å²) in [4.78, 5) is 4.29. The van der Waals surface area contributed by atoms with Crippen LogP contribution in [0.5, 0.6) is 11.5 Å². The number of aliphatic hydroxyl groups is 1. The molecule has 9 heteroatoms. The Morgan fingerprint density at radius 1 is 1.07 bits per heavy atom. The molecule has 0 saturated heterocycles. The van der Waals surface area contributed by atoms with Gasteiger partial charge in [-0.2, -0.15) is 0 Å². The number of alkyl halides is 3. The molecule has 1 heterocycles. The number of hydrogen-bond acceptors (Lipinski definition) is 5. The molecule has 0 bridgehead atoms. The fraction of sp³-hybridized carbons (Fsp3) is 0.211. The summed E-state index contributed by atoms with van der Waals surface area (Å²) in [5, 5.41) is 11.0. The smallest absolute Gasteiger partial charge is 0.497 e. The SMILES string of the molecule is COc1ccc(-n2ccnc2SCC(O)c2ccc(OC(F)(F)F)cc2)cc1. The molecular formula is C19H17F3N2O3S. The molecule has 0 amide bonds. The zero-order chi connectivity index (χ0) is 20.1. The van der Waals surface area contributed by atoms with Crippen LogP contribution in [-0.4, -0.2) is 33.9 Å². The molecule has 0 saturated carbocycles. The predicted octanol–water partition coefficient (Wildman–Crippen LogP) is 4.61. The Hall–Kier alpha value is -2.65. The van der Waals surface area contributed by atoms with Crippen molar-refractivity contribution in [3.63, 3.8) is 0 Å². The molecule has 0 fully saturated rings. The Morgan fingerprint density at radius 3 is 2.32 bits per heavy atom. The van der Waals surface area contributed by atoms with E-state index in [0.717, 1.165) is 11.4 Å². The number of halogens is 3. The topological polar surface area (TPSA) is 56.5 Å². The largest absolute Gasteiger partial charge is 0.573 e. The number of thioether (sulfide) groups is 1. The molecule has 28 heavy (non-hydrogen) atoms. The van der Waals surface area contributed by atoms with E-state index in [9.17, 15) is 18.3 Å². The van der Waals surface area contributed by atoms with Crippen LogP contribution in [0.1, 0.15) is 11.7 Å². The van der Waals surface area contributed by atoms with Gasteiger partial charge in [0.05, 0.1) is 13.2 Å². The second-order valence-corrected chi connectivity index (χ2v) is 6.71. The lowest BCUT2D eigenvalue weighted by Crippen LogP contribution is -2.17. The van der Waals surface area contributed by atoms with E-state index >= 15 is 0 Å². The summed E-state index contributed by atoms with van der Waals surface area (Å²) < 4.78 is 47.5. The summed E-state index contributed by atoms with van der Waals surface area (Å²) in [6, 6.07) is 12.6. The van der Waals surface area contributed by atoms with Gasteiger partial charge in [0, 0.05) is 23.8 Å². The van der Waals surface area contributed by atoms with E-state index in [1.165, 1.54) is 36.0 Å². The van der Waals surface area contributed by atoms with Crippen molar-refractivity contribution in [1.29, 1.82) is 0 Å². The third-order valence-electron chi connectivity index (χ3n) is 3.83. The third kappa shape index (κ3) is 5.20. The van der Waals surface area contributed by atoms with E-state index in [1.54, 1.807) is 19.5 Å². The Labute approximate surface area is 163 Å². The molecule has 5 nitrogen and oxygen atoms in total. The van der Waals surface area contributed by atoms with E-state index < -0.39 is 12.5 Å². The highest BCUT2D eigenvalue weighted by Crippen LogP contribution is 2.28. The van der Waals surface area contributed by atoms with Crippen LogP contribution in [0.4, 0.5) is 13.2 Å². The lowest BCUT2D eigenvalue weighted by molar-refractivity contribution is -0.274. The van der Waals surface area contributed by atoms with Gasteiger partial charge in [-0.05, 0) is 42.0 Å². The number of hydrogen-bond donors (Lipinski definition) is 1. The summed E-state index contributed by atoms with van der Waals surface area (Å²) in [6.45, 7) is 0. The summed E-state index contributed by atoms with van der Waals surface area (Å²) >= 11 is 1.34. The molecule has 0 aliphatic heterocycles. The number of imidazole rings is 1. The predicted molar refractivity (Wildman–Crippen MR) is 98.9 cm³/mol. The second-order valence-electron chi connectivity index (χ2n) is 5.72. The van der Waals surface area contributed by atoms with Gasteiger partial charge in [0.15, 0.2) is 5.16 Å². The molecule has 2 aromatic carbocycles.